The highest BCUT2D eigenvalue weighted by atomic mass is 35.5. The van der Waals surface area contributed by atoms with E-state index in [9.17, 15) is 0 Å². The predicted octanol–water partition coefficient (Wildman–Crippen LogP) is 6.46. The number of imidazole rings is 1. The molecule has 4 aromatic rings. The van der Waals surface area contributed by atoms with Crippen molar-refractivity contribution in [1.82, 2.24) is 14.5 Å². The molecular weight excluding hydrogens is 428 g/mol. The van der Waals surface area contributed by atoms with Crippen molar-refractivity contribution < 1.29 is 0 Å². The first-order valence-corrected chi connectivity index (χ1v) is 11.9. The predicted molar refractivity (Wildman–Crippen MR) is 137 cm³/mol. The molecule has 1 saturated carbocycles. The highest BCUT2D eigenvalue weighted by molar-refractivity contribution is 6.30. The summed E-state index contributed by atoms with van der Waals surface area (Å²) in [5, 5.41) is 0.729. The number of aryl methyl sites for hydroxylation is 1. The van der Waals surface area contributed by atoms with E-state index in [0.29, 0.717) is 6.04 Å². The van der Waals surface area contributed by atoms with Gasteiger partial charge in [-0.3, -0.25) is 0 Å². The Morgan fingerprint density at radius 1 is 0.939 bits per heavy atom. The quantitative estimate of drug-likeness (QED) is 0.333. The van der Waals surface area contributed by atoms with Gasteiger partial charge in [0, 0.05) is 42.5 Å². The van der Waals surface area contributed by atoms with Crippen molar-refractivity contribution in [2.45, 2.75) is 38.1 Å². The molecule has 0 atom stereocenters. The molecule has 0 aliphatic heterocycles. The molecule has 2 aromatic heterocycles. The second-order valence-electron chi connectivity index (χ2n) is 8.77. The van der Waals surface area contributed by atoms with E-state index < -0.39 is 0 Å². The van der Waals surface area contributed by atoms with Gasteiger partial charge < -0.3 is 9.47 Å². The van der Waals surface area contributed by atoms with E-state index in [2.05, 4.69) is 58.6 Å². The summed E-state index contributed by atoms with van der Waals surface area (Å²) < 4.78 is 2.19. The molecule has 0 unspecified atom stereocenters. The molecule has 0 saturated heterocycles. The number of pyridine rings is 1. The molecule has 5 rings (SSSR count). The number of benzene rings is 2. The van der Waals surface area contributed by atoms with Crippen molar-refractivity contribution in [1.29, 1.82) is 0 Å². The summed E-state index contributed by atoms with van der Waals surface area (Å²) in [5.41, 5.74) is 5.92. The molecule has 5 heteroatoms. The summed E-state index contributed by atoms with van der Waals surface area (Å²) >= 11 is 5.98. The zero-order valence-corrected chi connectivity index (χ0v) is 19.8. The fourth-order valence-electron chi connectivity index (χ4n) is 4.63. The molecule has 0 radical (unpaired) electrons. The van der Waals surface area contributed by atoms with Crippen molar-refractivity contribution >= 4 is 28.6 Å². The van der Waals surface area contributed by atoms with E-state index in [0.717, 1.165) is 44.4 Å². The third-order valence-corrected chi connectivity index (χ3v) is 6.82. The van der Waals surface area contributed by atoms with Gasteiger partial charge in [-0.2, -0.15) is 0 Å². The minimum atomic E-state index is 0.579. The Morgan fingerprint density at radius 3 is 2.42 bits per heavy atom. The third-order valence-electron chi connectivity index (χ3n) is 6.57. The highest BCUT2D eigenvalue weighted by Gasteiger charge is 2.22. The normalized spacial score (nSPS) is 14.2. The van der Waals surface area contributed by atoms with E-state index in [-0.39, 0.29) is 0 Å². The van der Waals surface area contributed by atoms with Crippen molar-refractivity contribution in [2.75, 3.05) is 11.9 Å². The number of aromatic nitrogens is 3. The lowest BCUT2D eigenvalue weighted by Crippen LogP contribution is -2.34. The number of hydrogen-bond acceptors (Lipinski definition) is 3. The molecule has 1 aliphatic carbocycles. The molecule has 166 valence electrons. The summed E-state index contributed by atoms with van der Waals surface area (Å²) in [7, 11) is 4.28. The molecule has 4 nitrogen and oxygen atoms in total. The Labute approximate surface area is 200 Å². The number of fused-ring (bicyclic) bond motifs is 1. The van der Waals surface area contributed by atoms with Crippen LogP contribution in [-0.2, 0) is 7.05 Å². The summed E-state index contributed by atoms with van der Waals surface area (Å²) in [6.45, 7) is 0. The van der Waals surface area contributed by atoms with Gasteiger partial charge in [-0.15, -0.1) is 0 Å². The van der Waals surface area contributed by atoms with Crippen LogP contribution in [0, 0.1) is 11.8 Å². The third kappa shape index (κ3) is 4.60. The van der Waals surface area contributed by atoms with E-state index in [1.54, 1.807) is 0 Å². The number of nitrogens with zero attached hydrogens (tertiary/aromatic N) is 4. The van der Waals surface area contributed by atoms with Crippen LogP contribution in [0.2, 0.25) is 5.02 Å². The molecule has 1 fully saturated rings. The Bertz CT molecular complexity index is 1320. The zero-order chi connectivity index (χ0) is 22.8. The average molecular weight is 455 g/mol. The van der Waals surface area contributed by atoms with E-state index in [1.165, 1.54) is 32.1 Å². The largest absolute Gasteiger partial charge is 0.342 e. The first-order valence-electron chi connectivity index (χ1n) is 11.5. The van der Waals surface area contributed by atoms with Crippen molar-refractivity contribution in [3.8, 4) is 23.0 Å². The van der Waals surface area contributed by atoms with Crippen LogP contribution in [0.15, 0.2) is 60.8 Å². The minimum absolute atomic E-state index is 0.579. The van der Waals surface area contributed by atoms with E-state index >= 15 is 0 Å². The highest BCUT2D eigenvalue weighted by Crippen LogP contribution is 2.28. The smallest absolute Gasteiger partial charge is 0.206 e. The van der Waals surface area contributed by atoms with Crippen molar-refractivity contribution in [3.63, 3.8) is 0 Å². The molecule has 0 N–H and O–H groups in total. The maximum Gasteiger partial charge on any atom is 0.206 e. The fourth-order valence-corrected chi connectivity index (χ4v) is 4.76. The monoisotopic (exact) mass is 454 g/mol. The molecular formula is C28H27ClN4. The van der Waals surface area contributed by atoms with Gasteiger partial charge >= 0.3 is 0 Å². The first-order chi connectivity index (χ1) is 16.1. The Balaban J connectivity index is 1.36. The molecule has 0 spiro atoms. The second kappa shape index (κ2) is 9.29. The standard InChI is InChI=1S/C28H27ClN4/c1-32(25-6-4-3-5-7-25)28-31-26-18-20(9-17-27(26)33(28)2)8-15-24-16-12-22(19-30-24)21-10-13-23(29)14-11-21/h9-14,16-19,25H,3-7H2,1-2H3. The van der Waals surface area contributed by atoms with E-state index in [4.69, 9.17) is 16.6 Å². The number of anilines is 1. The molecule has 0 bridgehead atoms. The SMILES string of the molecule is CN(c1nc2cc(C#Cc3ccc(-c4ccc(Cl)cc4)cn3)ccc2n1C)C1CCCCC1. The number of rotatable bonds is 3. The van der Waals surface area contributed by atoms with Gasteiger partial charge in [0.25, 0.3) is 0 Å². The lowest BCUT2D eigenvalue weighted by Gasteiger charge is -2.31. The molecule has 2 aromatic carbocycles. The van der Waals surface area contributed by atoms with Crippen LogP contribution >= 0.6 is 11.6 Å². The average Bonchev–Trinajstić information content (AvgIpc) is 3.19. The first kappa shape index (κ1) is 21.6. The zero-order valence-electron chi connectivity index (χ0n) is 19.1. The van der Waals surface area contributed by atoms with Gasteiger partial charge in [-0.25, -0.2) is 9.97 Å². The Morgan fingerprint density at radius 2 is 1.70 bits per heavy atom. The van der Waals surface area contributed by atoms with Crippen LogP contribution in [0.3, 0.4) is 0 Å². The van der Waals surface area contributed by atoms with Crippen LogP contribution in [0.1, 0.15) is 43.4 Å². The van der Waals surface area contributed by atoms with Crippen LogP contribution < -0.4 is 4.90 Å². The maximum absolute atomic E-state index is 5.98. The van der Waals surface area contributed by atoms with E-state index in [1.807, 2.05) is 42.6 Å². The van der Waals surface area contributed by atoms with Crippen molar-refractivity contribution in [2.24, 2.45) is 7.05 Å². The maximum atomic E-state index is 5.98. The van der Waals surface area contributed by atoms with Gasteiger partial charge in [-0.1, -0.05) is 55.0 Å². The van der Waals surface area contributed by atoms with Crippen LogP contribution in [-0.4, -0.2) is 27.6 Å². The number of halogens is 1. The Kier molecular flexibility index (Phi) is 6.07. The summed E-state index contributed by atoms with van der Waals surface area (Å²) in [5.74, 6) is 7.46. The second-order valence-corrected chi connectivity index (χ2v) is 9.20. The lowest BCUT2D eigenvalue weighted by molar-refractivity contribution is 0.422. The summed E-state index contributed by atoms with van der Waals surface area (Å²) in [4.78, 5) is 11.8. The fraction of sp³-hybridized carbons (Fsp3) is 0.286. The summed E-state index contributed by atoms with van der Waals surface area (Å²) in [6, 6.07) is 18.6. The summed E-state index contributed by atoms with van der Waals surface area (Å²) in [6.07, 6.45) is 8.33. The van der Waals surface area contributed by atoms with Gasteiger partial charge in [-0.05, 0) is 60.7 Å². The lowest BCUT2D eigenvalue weighted by atomic mass is 9.95. The topological polar surface area (TPSA) is 34.0 Å². The molecule has 1 aliphatic rings. The van der Waals surface area contributed by atoms with Crippen LogP contribution in [0.25, 0.3) is 22.2 Å². The van der Waals surface area contributed by atoms with Gasteiger partial charge in [0.1, 0.15) is 5.69 Å². The van der Waals surface area contributed by atoms with Crippen molar-refractivity contribution in [3.05, 3.63) is 77.1 Å². The minimum Gasteiger partial charge on any atom is -0.342 e. The molecule has 33 heavy (non-hydrogen) atoms. The molecule has 2 heterocycles. The van der Waals surface area contributed by atoms with Gasteiger partial charge in [0.15, 0.2) is 0 Å². The number of hydrogen-bond donors (Lipinski definition) is 0. The van der Waals surface area contributed by atoms with Gasteiger partial charge in [0.05, 0.1) is 11.0 Å². The Hall–Kier alpha value is -3.29. The van der Waals surface area contributed by atoms with Crippen LogP contribution in [0.4, 0.5) is 5.95 Å². The molecule has 0 amide bonds. The van der Waals surface area contributed by atoms with Gasteiger partial charge in [0.2, 0.25) is 5.95 Å². The van der Waals surface area contributed by atoms with Crippen LogP contribution in [0.5, 0.6) is 0 Å².